The van der Waals surface area contributed by atoms with Gasteiger partial charge in [-0.15, -0.1) is 0 Å². The first kappa shape index (κ1) is 34.0. The number of carboxylic acid groups (broad SMARTS) is 1. The predicted molar refractivity (Wildman–Crippen MR) is 141 cm³/mol. The second-order valence-corrected chi connectivity index (χ2v) is 7.57. The van der Waals surface area contributed by atoms with Crippen LogP contribution in [-0.4, -0.2) is 34.8 Å². The number of halogens is 2. The number of aldehydes is 1. The minimum Gasteiger partial charge on any atom is -0.545 e. The second kappa shape index (κ2) is 18.3. The largest absolute Gasteiger partial charge is 1.00 e. The number of rotatable bonds is 6. The van der Waals surface area contributed by atoms with Gasteiger partial charge in [-0.1, -0.05) is 30.3 Å². The van der Waals surface area contributed by atoms with Gasteiger partial charge in [0.05, 0.1) is 35.1 Å². The quantitative estimate of drug-likeness (QED) is 0.204. The van der Waals surface area contributed by atoms with Crippen molar-refractivity contribution >= 4 is 30.4 Å². The van der Waals surface area contributed by atoms with Crippen molar-refractivity contribution in [3.63, 3.8) is 0 Å². The molecule has 4 aromatic rings. The van der Waals surface area contributed by atoms with E-state index < -0.39 is 11.8 Å². The van der Waals surface area contributed by atoms with E-state index in [0.717, 1.165) is 0 Å². The number of carbonyl (C=O) groups excluding carboxylic acids is 3. The molecular weight excluding hydrogens is 529 g/mol. The molecule has 0 N–H and O–H groups in total. The number of carboxylic acids is 1. The van der Waals surface area contributed by atoms with E-state index >= 15 is 0 Å². The average Bonchev–Trinajstić information content (AvgIpc) is 2.94. The summed E-state index contributed by atoms with van der Waals surface area (Å²) in [6.45, 7) is 3.96. The zero-order valence-corrected chi connectivity index (χ0v) is 24.2. The molecule has 0 saturated carbocycles. The fraction of sp³-hybridized carbons (Fsp3) is 0.100. The van der Waals surface area contributed by atoms with Crippen molar-refractivity contribution in [2.24, 2.45) is 0 Å². The van der Waals surface area contributed by atoms with Gasteiger partial charge in [0.2, 0.25) is 0 Å². The zero-order chi connectivity index (χ0) is 28.6. The van der Waals surface area contributed by atoms with E-state index in [-0.39, 0.29) is 58.2 Å². The van der Waals surface area contributed by atoms with Crippen LogP contribution in [0.1, 0.15) is 54.9 Å². The number of nitrogens with zero attached hydrogens (tertiary/aromatic N) is 2. The molecule has 0 aliphatic rings. The van der Waals surface area contributed by atoms with E-state index in [9.17, 15) is 28.3 Å². The van der Waals surface area contributed by atoms with Gasteiger partial charge >= 0.3 is 35.5 Å². The maximum absolute atomic E-state index is 13.4. The van der Waals surface area contributed by atoms with E-state index in [4.69, 9.17) is 4.74 Å². The Morgan fingerprint density at radius 3 is 1.88 bits per heavy atom. The molecule has 0 saturated heterocycles. The van der Waals surface area contributed by atoms with Crippen LogP contribution in [0, 0.1) is 18.6 Å². The van der Waals surface area contributed by atoms with Crippen molar-refractivity contribution < 1.29 is 62.6 Å². The van der Waals surface area contributed by atoms with Crippen LogP contribution in [-0.2, 0) is 4.74 Å². The predicted octanol–water partition coefficient (Wildman–Crippen LogP) is 1.96. The summed E-state index contributed by atoms with van der Waals surface area (Å²) < 4.78 is 30.5. The molecule has 0 amide bonds. The van der Waals surface area contributed by atoms with Gasteiger partial charge in [0.1, 0.15) is 11.6 Å². The molecule has 2 heterocycles. The molecule has 0 radical (unpaired) electrons. The molecule has 0 aliphatic heterocycles. The first-order chi connectivity index (χ1) is 18.8. The van der Waals surface area contributed by atoms with Crippen LogP contribution in [0.5, 0.6) is 0 Å². The first-order valence-electron chi connectivity index (χ1n) is 11.7. The number of benzene rings is 2. The SMILES string of the molecule is CCOC(=O)c1cccnc1C.O=C([O-])c1cccnc1/C=C/c1ccccc1F.O=Cc1ccccc1F.[Na+]. The molecule has 2 aromatic heterocycles. The minimum absolute atomic E-state index is 0. The number of aromatic carboxylic acids is 1. The molecule has 7 nitrogen and oxygen atoms in total. The van der Waals surface area contributed by atoms with Crippen LogP contribution in [0.15, 0.2) is 85.2 Å². The fourth-order valence-corrected chi connectivity index (χ4v) is 2.98. The molecule has 0 unspecified atom stereocenters. The van der Waals surface area contributed by atoms with Gasteiger partial charge in [0, 0.05) is 23.5 Å². The maximum Gasteiger partial charge on any atom is 1.00 e. The summed E-state index contributed by atoms with van der Waals surface area (Å²) >= 11 is 0. The molecule has 0 spiro atoms. The number of hydrogen-bond acceptors (Lipinski definition) is 7. The molecule has 40 heavy (non-hydrogen) atoms. The Labute approximate surface area is 252 Å². The third-order valence-corrected chi connectivity index (χ3v) is 4.92. The standard InChI is InChI=1S/C14H10FNO2.C9H11NO2.C7H5FO.Na/c15-12-6-2-1-4-10(12)7-8-13-11(14(17)18)5-3-9-16-13;1-3-12-9(11)8-5-4-6-10-7(8)2;8-7-4-2-1-3-6(7)5-9;/h1-9H,(H,17,18);4-6H,3H2,1-2H3;1-5H;/q;;;+1/p-1/b8-7+;;;. The maximum atomic E-state index is 13.4. The average molecular weight is 555 g/mol. The molecule has 0 fully saturated rings. The van der Waals surface area contributed by atoms with Crippen LogP contribution in [0.3, 0.4) is 0 Å². The molecule has 0 atom stereocenters. The smallest absolute Gasteiger partial charge is 0.545 e. The number of carbonyl (C=O) groups is 3. The first-order valence-corrected chi connectivity index (χ1v) is 11.7. The van der Waals surface area contributed by atoms with E-state index in [1.54, 1.807) is 62.5 Å². The Bertz CT molecular complexity index is 1450. The van der Waals surface area contributed by atoms with Crippen LogP contribution < -0.4 is 34.7 Å². The number of hydrogen-bond donors (Lipinski definition) is 0. The van der Waals surface area contributed by atoms with Crippen molar-refractivity contribution in [3.05, 3.63) is 130 Å². The monoisotopic (exact) mass is 554 g/mol. The molecule has 2 aromatic carbocycles. The summed E-state index contributed by atoms with van der Waals surface area (Å²) in [6, 6.07) is 18.4. The normalized spacial score (nSPS) is 9.70. The van der Waals surface area contributed by atoms with E-state index in [1.807, 2.05) is 0 Å². The third kappa shape index (κ3) is 11.0. The third-order valence-electron chi connectivity index (χ3n) is 4.92. The number of pyridine rings is 2. The molecule has 0 bridgehead atoms. The Morgan fingerprint density at radius 2 is 1.38 bits per heavy atom. The molecular formula is C30H25F2N2NaO5. The molecule has 4 rings (SSSR count). The van der Waals surface area contributed by atoms with Gasteiger partial charge in [-0.05, 0) is 68.5 Å². The van der Waals surface area contributed by atoms with Gasteiger partial charge in [-0.3, -0.25) is 14.8 Å². The number of aromatic nitrogens is 2. The zero-order valence-electron chi connectivity index (χ0n) is 22.2. The van der Waals surface area contributed by atoms with Gasteiger partial charge in [0.15, 0.2) is 6.29 Å². The van der Waals surface area contributed by atoms with Crippen LogP contribution >= 0.6 is 0 Å². The fourth-order valence-electron chi connectivity index (χ4n) is 2.98. The van der Waals surface area contributed by atoms with Crippen molar-refractivity contribution in [2.45, 2.75) is 13.8 Å². The van der Waals surface area contributed by atoms with Crippen molar-refractivity contribution in [2.75, 3.05) is 6.61 Å². The van der Waals surface area contributed by atoms with Gasteiger partial charge in [-0.25, -0.2) is 13.6 Å². The second-order valence-electron chi connectivity index (χ2n) is 7.57. The summed E-state index contributed by atoms with van der Waals surface area (Å²) in [5.41, 5.74) is 1.94. The van der Waals surface area contributed by atoms with E-state index in [2.05, 4.69) is 9.97 Å². The molecule has 0 aliphatic carbocycles. The van der Waals surface area contributed by atoms with Crippen LogP contribution in [0.4, 0.5) is 8.78 Å². The topological polar surface area (TPSA) is 109 Å². The van der Waals surface area contributed by atoms with Crippen molar-refractivity contribution in [3.8, 4) is 0 Å². The molecule has 200 valence electrons. The van der Waals surface area contributed by atoms with Crippen LogP contribution in [0.2, 0.25) is 0 Å². The van der Waals surface area contributed by atoms with Crippen molar-refractivity contribution in [1.29, 1.82) is 0 Å². The summed E-state index contributed by atoms with van der Waals surface area (Å²) in [5.74, 6) is -2.45. The van der Waals surface area contributed by atoms with Crippen molar-refractivity contribution in [1.82, 2.24) is 9.97 Å². The summed E-state index contributed by atoms with van der Waals surface area (Å²) in [6.07, 6.45) is 6.54. The summed E-state index contributed by atoms with van der Waals surface area (Å²) in [7, 11) is 0. The van der Waals surface area contributed by atoms with Crippen LogP contribution in [0.25, 0.3) is 12.2 Å². The van der Waals surface area contributed by atoms with E-state index in [1.165, 1.54) is 48.7 Å². The summed E-state index contributed by atoms with van der Waals surface area (Å²) in [4.78, 5) is 39.9. The number of aryl methyl sites for hydroxylation is 1. The van der Waals surface area contributed by atoms with Gasteiger partial charge in [0.25, 0.3) is 0 Å². The Morgan fingerprint density at radius 1 is 0.825 bits per heavy atom. The minimum atomic E-state index is -1.31. The number of esters is 1. The number of ether oxygens (including phenoxy) is 1. The molecule has 10 heteroatoms. The Kier molecular flexibility index (Phi) is 15.5. The van der Waals surface area contributed by atoms with Gasteiger partial charge < -0.3 is 14.6 Å². The van der Waals surface area contributed by atoms with Gasteiger partial charge in [-0.2, -0.15) is 0 Å². The Balaban J connectivity index is 0.000000317. The Hall–Kier alpha value is -4.05. The van der Waals surface area contributed by atoms with E-state index in [0.29, 0.717) is 29.7 Å². The summed E-state index contributed by atoms with van der Waals surface area (Å²) in [5, 5.41) is 10.8.